The van der Waals surface area contributed by atoms with Gasteiger partial charge in [-0.3, -0.25) is 9.69 Å². The molecular formula is C14H18N2O3. The van der Waals surface area contributed by atoms with Crippen LogP contribution in [0.2, 0.25) is 0 Å². The maximum atomic E-state index is 12.5. The summed E-state index contributed by atoms with van der Waals surface area (Å²) in [5, 5.41) is 0. The zero-order valence-electron chi connectivity index (χ0n) is 11.4. The van der Waals surface area contributed by atoms with Crippen LogP contribution in [0, 0.1) is 0 Å². The predicted octanol–water partition coefficient (Wildman–Crippen LogP) is 1.44. The zero-order valence-corrected chi connectivity index (χ0v) is 11.4. The Morgan fingerprint density at radius 2 is 1.79 bits per heavy atom. The highest BCUT2D eigenvalue weighted by molar-refractivity contribution is 6.07. The summed E-state index contributed by atoms with van der Waals surface area (Å²) in [6.45, 7) is 2.52. The van der Waals surface area contributed by atoms with E-state index in [1.807, 2.05) is 37.3 Å². The average Bonchev–Trinajstić information content (AvgIpc) is 2.61. The number of hydrogen-bond acceptors (Lipinski definition) is 3. The van der Waals surface area contributed by atoms with Crippen LogP contribution in [0.3, 0.4) is 0 Å². The maximum Gasteiger partial charge on any atom is 0.327 e. The fourth-order valence-corrected chi connectivity index (χ4v) is 2.42. The third kappa shape index (κ3) is 1.90. The van der Waals surface area contributed by atoms with Gasteiger partial charge in [0.05, 0.1) is 6.61 Å². The topological polar surface area (TPSA) is 49.9 Å². The minimum absolute atomic E-state index is 0.166. The summed E-state index contributed by atoms with van der Waals surface area (Å²) in [7, 11) is 3.13. The van der Waals surface area contributed by atoms with E-state index >= 15 is 0 Å². The van der Waals surface area contributed by atoms with Gasteiger partial charge in [0.15, 0.2) is 5.54 Å². The van der Waals surface area contributed by atoms with E-state index in [4.69, 9.17) is 4.74 Å². The molecule has 0 radical (unpaired) electrons. The quantitative estimate of drug-likeness (QED) is 0.772. The highest BCUT2D eigenvalue weighted by Gasteiger charge is 2.55. The average molecular weight is 262 g/mol. The van der Waals surface area contributed by atoms with Crippen molar-refractivity contribution in [3.63, 3.8) is 0 Å². The molecule has 102 valence electrons. The van der Waals surface area contributed by atoms with Gasteiger partial charge in [-0.1, -0.05) is 30.3 Å². The molecule has 0 bridgehead atoms. The first kappa shape index (κ1) is 13.5. The van der Waals surface area contributed by atoms with Crippen molar-refractivity contribution in [1.29, 1.82) is 0 Å². The van der Waals surface area contributed by atoms with Crippen LogP contribution < -0.4 is 0 Å². The van der Waals surface area contributed by atoms with Crippen molar-refractivity contribution in [3.8, 4) is 0 Å². The number of hydrogen-bond donors (Lipinski definition) is 0. The number of amides is 3. The van der Waals surface area contributed by atoms with Crippen LogP contribution >= 0.6 is 0 Å². The van der Waals surface area contributed by atoms with E-state index in [9.17, 15) is 9.59 Å². The highest BCUT2D eigenvalue weighted by atomic mass is 16.5. The Hall–Kier alpha value is -1.88. The number of imide groups is 1. The summed E-state index contributed by atoms with van der Waals surface area (Å²) in [6.07, 6.45) is 0. The van der Waals surface area contributed by atoms with Crippen LogP contribution in [0.1, 0.15) is 12.5 Å². The molecule has 1 heterocycles. The molecule has 5 heteroatoms. The molecule has 0 spiro atoms. The summed E-state index contributed by atoms with van der Waals surface area (Å²) in [5.41, 5.74) is -0.281. The number of benzene rings is 1. The Balaban J connectivity index is 2.52. The molecule has 2 rings (SSSR count). The van der Waals surface area contributed by atoms with E-state index in [1.54, 1.807) is 7.05 Å². The molecule has 0 aliphatic carbocycles. The number of ether oxygens (including phenoxy) is 1. The van der Waals surface area contributed by atoms with Gasteiger partial charge in [0, 0.05) is 20.7 Å². The van der Waals surface area contributed by atoms with Crippen LogP contribution in [0.4, 0.5) is 4.79 Å². The lowest BCUT2D eigenvalue weighted by Crippen LogP contribution is -2.48. The lowest BCUT2D eigenvalue weighted by molar-refractivity contribution is -0.135. The third-order valence-electron chi connectivity index (χ3n) is 3.57. The Labute approximate surface area is 112 Å². The molecule has 1 fully saturated rings. The van der Waals surface area contributed by atoms with Crippen molar-refractivity contribution < 1.29 is 14.3 Å². The smallest absolute Gasteiger partial charge is 0.327 e. The van der Waals surface area contributed by atoms with E-state index in [2.05, 4.69) is 0 Å². The number of carbonyl (C=O) groups is 2. The molecule has 1 aromatic carbocycles. The van der Waals surface area contributed by atoms with Crippen molar-refractivity contribution in [2.24, 2.45) is 0 Å². The van der Waals surface area contributed by atoms with Crippen LogP contribution in [-0.2, 0) is 15.1 Å². The van der Waals surface area contributed by atoms with Gasteiger partial charge >= 0.3 is 6.03 Å². The summed E-state index contributed by atoms with van der Waals surface area (Å²) < 4.78 is 5.47. The van der Waals surface area contributed by atoms with Crippen molar-refractivity contribution in [1.82, 2.24) is 9.80 Å². The molecule has 1 atom stereocenters. The number of nitrogens with zero attached hydrogens (tertiary/aromatic N) is 2. The molecule has 19 heavy (non-hydrogen) atoms. The Morgan fingerprint density at radius 1 is 1.16 bits per heavy atom. The van der Waals surface area contributed by atoms with Crippen molar-refractivity contribution in [3.05, 3.63) is 35.9 Å². The van der Waals surface area contributed by atoms with E-state index in [0.29, 0.717) is 6.61 Å². The molecule has 0 aromatic heterocycles. The molecule has 3 amide bonds. The number of rotatable bonds is 4. The Bertz CT molecular complexity index is 489. The molecule has 1 aromatic rings. The van der Waals surface area contributed by atoms with Crippen LogP contribution in [-0.4, -0.2) is 49.0 Å². The summed E-state index contributed by atoms with van der Waals surface area (Å²) >= 11 is 0. The lowest BCUT2D eigenvalue weighted by Gasteiger charge is -2.32. The first-order valence-corrected chi connectivity index (χ1v) is 6.25. The van der Waals surface area contributed by atoms with E-state index < -0.39 is 5.54 Å². The summed E-state index contributed by atoms with van der Waals surface area (Å²) in [6, 6.07) is 8.97. The van der Waals surface area contributed by atoms with E-state index in [1.165, 1.54) is 11.9 Å². The molecule has 5 nitrogen and oxygen atoms in total. The molecule has 1 aliphatic rings. The number of urea groups is 1. The van der Waals surface area contributed by atoms with Crippen molar-refractivity contribution in [2.45, 2.75) is 12.5 Å². The van der Waals surface area contributed by atoms with Gasteiger partial charge in [0.25, 0.3) is 5.91 Å². The van der Waals surface area contributed by atoms with Gasteiger partial charge in [-0.2, -0.15) is 0 Å². The summed E-state index contributed by atoms with van der Waals surface area (Å²) in [4.78, 5) is 27.2. The highest BCUT2D eigenvalue weighted by Crippen LogP contribution is 2.35. The molecule has 0 unspecified atom stereocenters. The van der Waals surface area contributed by atoms with Crippen LogP contribution in [0.25, 0.3) is 0 Å². The van der Waals surface area contributed by atoms with Gasteiger partial charge in [-0.15, -0.1) is 0 Å². The third-order valence-corrected chi connectivity index (χ3v) is 3.57. The predicted molar refractivity (Wildman–Crippen MR) is 70.5 cm³/mol. The second-order valence-corrected chi connectivity index (χ2v) is 4.57. The van der Waals surface area contributed by atoms with Gasteiger partial charge < -0.3 is 9.64 Å². The molecule has 0 saturated carbocycles. The second kappa shape index (κ2) is 5.01. The minimum Gasteiger partial charge on any atom is -0.378 e. The SMILES string of the molecule is CCOC[C@]1(c2ccccc2)C(=O)N(C)C(=O)N1C. The first-order chi connectivity index (χ1) is 9.05. The van der Waals surface area contributed by atoms with Crippen LogP contribution in [0.5, 0.6) is 0 Å². The molecular weight excluding hydrogens is 244 g/mol. The molecule has 1 aliphatic heterocycles. The monoisotopic (exact) mass is 262 g/mol. The fraction of sp³-hybridized carbons (Fsp3) is 0.429. The van der Waals surface area contributed by atoms with Gasteiger partial charge in [0.2, 0.25) is 0 Å². The van der Waals surface area contributed by atoms with Gasteiger partial charge in [-0.25, -0.2) is 4.79 Å². The van der Waals surface area contributed by atoms with E-state index in [-0.39, 0.29) is 18.5 Å². The Kier molecular flexibility index (Phi) is 3.57. The Morgan fingerprint density at radius 3 is 2.26 bits per heavy atom. The number of likely N-dealkylation sites (N-methyl/N-ethyl adjacent to an activating group) is 2. The van der Waals surface area contributed by atoms with Crippen LogP contribution in [0.15, 0.2) is 30.3 Å². The fourth-order valence-electron chi connectivity index (χ4n) is 2.42. The normalized spacial score (nSPS) is 23.3. The second-order valence-electron chi connectivity index (χ2n) is 4.57. The molecule has 1 saturated heterocycles. The zero-order chi connectivity index (χ0) is 14.0. The van der Waals surface area contributed by atoms with E-state index in [0.717, 1.165) is 10.5 Å². The standard InChI is InChI=1S/C14H18N2O3/c1-4-19-10-14(11-8-6-5-7-9-11)12(17)15(2)13(18)16(14)3/h5-9H,4,10H2,1-3H3/t14-/m0/s1. The minimum atomic E-state index is -1.05. The summed E-state index contributed by atoms with van der Waals surface area (Å²) in [5.74, 6) is -0.250. The maximum absolute atomic E-state index is 12.5. The largest absolute Gasteiger partial charge is 0.378 e. The van der Waals surface area contributed by atoms with Crippen molar-refractivity contribution >= 4 is 11.9 Å². The van der Waals surface area contributed by atoms with Gasteiger partial charge in [0.1, 0.15) is 0 Å². The first-order valence-electron chi connectivity index (χ1n) is 6.25. The molecule has 0 N–H and O–H groups in total. The van der Waals surface area contributed by atoms with Crippen molar-refractivity contribution in [2.75, 3.05) is 27.3 Å². The lowest BCUT2D eigenvalue weighted by atomic mass is 9.89. The number of carbonyl (C=O) groups excluding carboxylic acids is 2. The van der Waals surface area contributed by atoms with Gasteiger partial charge in [-0.05, 0) is 12.5 Å².